The number of hydrogen-bond donors (Lipinski definition) is 2. The highest BCUT2D eigenvalue weighted by molar-refractivity contribution is 5.93. The summed E-state index contributed by atoms with van der Waals surface area (Å²) < 4.78 is 5.02. The van der Waals surface area contributed by atoms with E-state index in [1.165, 1.54) is 18.2 Å². The Morgan fingerprint density at radius 3 is 2.78 bits per heavy atom. The third kappa shape index (κ3) is 3.42. The summed E-state index contributed by atoms with van der Waals surface area (Å²) in [5.41, 5.74) is -0.259. The van der Waals surface area contributed by atoms with Gasteiger partial charge >= 0.3 is 5.97 Å². The van der Waals surface area contributed by atoms with Crippen LogP contribution in [0.3, 0.4) is 0 Å². The van der Waals surface area contributed by atoms with Crippen molar-refractivity contribution in [3.05, 3.63) is 33.9 Å². The first kappa shape index (κ1) is 13.9. The van der Waals surface area contributed by atoms with Crippen molar-refractivity contribution in [2.24, 2.45) is 0 Å². The van der Waals surface area contributed by atoms with Crippen LogP contribution in [0.4, 0.5) is 11.4 Å². The minimum Gasteiger partial charge on any atom is -0.477 e. The van der Waals surface area contributed by atoms with E-state index >= 15 is 0 Å². The van der Waals surface area contributed by atoms with E-state index < -0.39 is 16.6 Å². The van der Waals surface area contributed by atoms with Gasteiger partial charge < -0.3 is 15.2 Å². The number of benzene rings is 1. The summed E-state index contributed by atoms with van der Waals surface area (Å²) >= 11 is 0. The van der Waals surface area contributed by atoms with E-state index in [1.807, 2.05) is 6.92 Å². The molecule has 0 bridgehead atoms. The lowest BCUT2D eigenvalue weighted by atomic mass is 10.1. The zero-order chi connectivity index (χ0) is 13.7. The van der Waals surface area contributed by atoms with Crippen molar-refractivity contribution in [2.75, 3.05) is 19.0 Å². The van der Waals surface area contributed by atoms with Crippen molar-refractivity contribution in [3.8, 4) is 0 Å². The van der Waals surface area contributed by atoms with Gasteiger partial charge in [0.15, 0.2) is 0 Å². The lowest BCUT2D eigenvalue weighted by Gasteiger charge is -2.12. The average molecular weight is 254 g/mol. The first-order chi connectivity index (χ1) is 8.45. The van der Waals surface area contributed by atoms with Crippen LogP contribution in [0.2, 0.25) is 0 Å². The lowest BCUT2D eigenvalue weighted by Crippen LogP contribution is -2.18. The molecule has 0 aliphatic carbocycles. The summed E-state index contributed by atoms with van der Waals surface area (Å²) in [4.78, 5) is 20.9. The third-order valence-electron chi connectivity index (χ3n) is 2.42. The number of hydrogen-bond acceptors (Lipinski definition) is 5. The minimum absolute atomic E-state index is 0.0477. The highest BCUT2D eigenvalue weighted by Crippen LogP contribution is 2.22. The molecular formula is C11H14N2O5. The van der Waals surface area contributed by atoms with Gasteiger partial charge in [-0.1, -0.05) is 0 Å². The Morgan fingerprint density at radius 2 is 2.28 bits per heavy atom. The van der Waals surface area contributed by atoms with Crippen molar-refractivity contribution < 1.29 is 19.6 Å². The number of ether oxygens (including phenoxy) is 1. The first-order valence-corrected chi connectivity index (χ1v) is 5.24. The van der Waals surface area contributed by atoms with Gasteiger partial charge in [0.1, 0.15) is 5.56 Å². The quantitative estimate of drug-likeness (QED) is 0.592. The van der Waals surface area contributed by atoms with Crippen LogP contribution in [0, 0.1) is 10.1 Å². The number of nitrogens with one attached hydrogen (secondary N) is 1. The second-order valence-corrected chi connectivity index (χ2v) is 3.72. The maximum atomic E-state index is 10.9. The van der Waals surface area contributed by atoms with Crippen LogP contribution in [0.15, 0.2) is 18.2 Å². The molecule has 18 heavy (non-hydrogen) atoms. The van der Waals surface area contributed by atoms with Gasteiger partial charge in [-0.25, -0.2) is 4.79 Å². The molecule has 1 aromatic carbocycles. The molecule has 98 valence electrons. The summed E-state index contributed by atoms with van der Waals surface area (Å²) in [7, 11) is 1.56. The fraction of sp³-hybridized carbons (Fsp3) is 0.364. The molecule has 0 spiro atoms. The molecule has 1 unspecified atom stereocenters. The van der Waals surface area contributed by atoms with Gasteiger partial charge in [0.25, 0.3) is 5.69 Å². The van der Waals surface area contributed by atoms with E-state index in [9.17, 15) is 14.9 Å². The fourth-order valence-electron chi connectivity index (χ4n) is 1.32. The van der Waals surface area contributed by atoms with E-state index in [-0.39, 0.29) is 11.7 Å². The van der Waals surface area contributed by atoms with E-state index in [0.717, 1.165) is 0 Å². The normalized spacial score (nSPS) is 11.9. The molecule has 0 aromatic heterocycles. The van der Waals surface area contributed by atoms with Crippen LogP contribution in [0.25, 0.3) is 0 Å². The molecule has 0 amide bonds. The standard InChI is InChI=1S/C11H14N2O5/c1-7(18-2)6-12-8-3-4-10(13(16)17)9(5-8)11(14)15/h3-5,7,12H,6H2,1-2H3,(H,14,15). The second-order valence-electron chi connectivity index (χ2n) is 3.72. The highest BCUT2D eigenvalue weighted by atomic mass is 16.6. The zero-order valence-corrected chi connectivity index (χ0v) is 10.0. The zero-order valence-electron chi connectivity index (χ0n) is 10.0. The summed E-state index contributed by atoms with van der Waals surface area (Å²) in [6, 6.07) is 3.87. The molecule has 7 heteroatoms. The van der Waals surface area contributed by atoms with E-state index in [2.05, 4.69) is 5.32 Å². The Bertz CT molecular complexity index is 461. The van der Waals surface area contributed by atoms with E-state index in [0.29, 0.717) is 12.2 Å². The smallest absolute Gasteiger partial charge is 0.342 e. The summed E-state index contributed by atoms with van der Waals surface area (Å²) in [6.07, 6.45) is -0.0477. The maximum absolute atomic E-state index is 10.9. The Labute approximate surface area is 104 Å². The molecule has 0 saturated carbocycles. The van der Waals surface area contributed by atoms with Crippen molar-refractivity contribution >= 4 is 17.3 Å². The van der Waals surface area contributed by atoms with Gasteiger partial charge in [-0.2, -0.15) is 0 Å². The topological polar surface area (TPSA) is 102 Å². The number of nitro groups is 1. The molecule has 7 nitrogen and oxygen atoms in total. The summed E-state index contributed by atoms with van der Waals surface area (Å²) in [5.74, 6) is -1.33. The lowest BCUT2D eigenvalue weighted by molar-refractivity contribution is -0.385. The number of aromatic carboxylic acids is 1. The number of methoxy groups -OCH3 is 1. The maximum Gasteiger partial charge on any atom is 0.342 e. The SMILES string of the molecule is COC(C)CNc1ccc([N+](=O)[O-])c(C(=O)O)c1. The molecular weight excluding hydrogens is 240 g/mol. The predicted molar refractivity (Wildman–Crippen MR) is 65.0 cm³/mol. The average Bonchev–Trinajstić information content (AvgIpc) is 2.35. The van der Waals surface area contributed by atoms with Crippen molar-refractivity contribution in [3.63, 3.8) is 0 Å². The van der Waals surface area contributed by atoms with Gasteiger partial charge in [0, 0.05) is 25.4 Å². The van der Waals surface area contributed by atoms with Crippen LogP contribution < -0.4 is 5.32 Å². The fourth-order valence-corrected chi connectivity index (χ4v) is 1.32. The molecule has 0 fully saturated rings. The molecule has 0 saturated heterocycles. The monoisotopic (exact) mass is 254 g/mol. The molecule has 0 heterocycles. The van der Waals surface area contributed by atoms with Crippen LogP contribution in [0.1, 0.15) is 17.3 Å². The number of carboxylic acid groups (broad SMARTS) is 1. The van der Waals surface area contributed by atoms with Gasteiger partial charge in [0.2, 0.25) is 0 Å². The first-order valence-electron chi connectivity index (χ1n) is 5.24. The Morgan fingerprint density at radius 1 is 1.61 bits per heavy atom. The van der Waals surface area contributed by atoms with Crippen LogP contribution >= 0.6 is 0 Å². The minimum atomic E-state index is -1.33. The Kier molecular flexibility index (Phi) is 4.61. The van der Waals surface area contributed by atoms with Crippen molar-refractivity contribution in [1.82, 2.24) is 0 Å². The highest BCUT2D eigenvalue weighted by Gasteiger charge is 2.19. The number of anilines is 1. The molecule has 2 N–H and O–H groups in total. The van der Waals surface area contributed by atoms with E-state index in [4.69, 9.17) is 9.84 Å². The molecule has 1 aromatic rings. The van der Waals surface area contributed by atoms with Gasteiger partial charge in [-0.15, -0.1) is 0 Å². The largest absolute Gasteiger partial charge is 0.477 e. The molecule has 0 aliphatic rings. The molecule has 0 aliphatic heterocycles. The van der Waals surface area contributed by atoms with Crippen LogP contribution in [-0.4, -0.2) is 35.8 Å². The van der Waals surface area contributed by atoms with E-state index in [1.54, 1.807) is 7.11 Å². The van der Waals surface area contributed by atoms with Crippen molar-refractivity contribution in [1.29, 1.82) is 0 Å². The number of nitro benzene ring substituents is 1. The van der Waals surface area contributed by atoms with Crippen LogP contribution in [0.5, 0.6) is 0 Å². The predicted octanol–water partition coefficient (Wildman–Crippen LogP) is 1.74. The summed E-state index contributed by atoms with van der Waals surface area (Å²) in [6.45, 7) is 2.32. The Balaban J connectivity index is 2.93. The molecule has 1 atom stereocenters. The number of carboxylic acids is 1. The number of rotatable bonds is 6. The second kappa shape index (κ2) is 5.97. The van der Waals surface area contributed by atoms with Crippen molar-refractivity contribution in [2.45, 2.75) is 13.0 Å². The Hall–Kier alpha value is -2.15. The van der Waals surface area contributed by atoms with Gasteiger partial charge in [-0.3, -0.25) is 10.1 Å². The molecule has 0 radical (unpaired) electrons. The van der Waals surface area contributed by atoms with Crippen LogP contribution in [-0.2, 0) is 4.74 Å². The summed E-state index contributed by atoms with van der Waals surface area (Å²) in [5, 5.41) is 22.5. The number of carbonyl (C=O) groups is 1. The molecule has 1 rings (SSSR count). The van der Waals surface area contributed by atoms with Gasteiger partial charge in [-0.05, 0) is 19.1 Å². The number of nitrogens with zero attached hydrogens (tertiary/aromatic N) is 1. The third-order valence-corrected chi connectivity index (χ3v) is 2.42. The van der Waals surface area contributed by atoms with Gasteiger partial charge in [0.05, 0.1) is 11.0 Å².